The number of hydrogen-bond donors (Lipinski definition) is 1. The number of thiophene rings is 1. The van der Waals surface area contributed by atoms with E-state index in [-0.39, 0.29) is 35.7 Å². The molecule has 1 amide bonds. The van der Waals surface area contributed by atoms with Crippen molar-refractivity contribution in [2.45, 2.75) is 45.2 Å². The number of nitrogens with zero attached hydrogens (tertiary/aromatic N) is 3. The van der Waals surface area contributed by atoms with Gasteiger partial charge in [-0.1, -0.05) is 25.1 Å². The fraction of sp³-hybridized carbons (Fsp3) is 0.400. The molecule has 0 radical (unpaired) electrons. The molecule has 1 aliphatic rings. The molecule has 1 saturated carbocycles. The van der Waals surface area contributed by atoms with E-state index >= 15 is 0 Å². The summed E-state index contributed by atoms with van der Waals surface area (Å²) in [5, 5.41) is 13.3. The zero-order valence-electron chi connectivity index (χ0n) is 15.8. The lowest BCUT2D eigenvalue weighted by Crippen LogP contribution is -2.44. The van der Waals surface area contributed by atoms with Crippen LogP contribution in [0.25, 0.3) is 10.6 Å². The van der Waals surface area contributed by atoms with Gasteiger partial charge in [0, 0.05) is 18.1 Å². The Morgan fingerprint density at radius 2 is 2.18 bits per heavy atom. The van der Waals surface area contributed by atoms with Crippen molar-refractivity contribution in [1.29, 1.82) is 0 Å². The quantitative estimate of drug-likeness (QED) is 0.660. The number of rotatable bonds is 7. The summed E-state index contributed by atoms with van der Waals surface area (Å²) in [5.41, 5.74) is 0.826. The van der Waals surface area contributed by atoms with Crippen LogP contribution in [0.15, 0.2) is 45.0 Å². The van der Waals surface area contributed by atoms with Gasteiger partial charge in [-0.3, -0.25) is 9.59 Å². The monoisotopic (exact) mass is 398 g/mol. The van der Waals surface area contributed by atoms with Gasteiger partial charge in [-0.2, -0.15) is 5.10 Å². The first-order chi connectivity index (χ1) is 13.5. The van der Waals surface area contributed by atoms with Crippen molar-refractivity contribution in [3.8, 4) is 10.6 Å². The summed E-state index contributed by atoms with van der Waals surface area (Å²) < 4.78 is 6.68. The van der Waals surface area contributed by atoms with Gasteiger partial charge in [0.1, 0.15) is 11.5 Å². The van der Waals surface area contributed by atoms with Crippen LogP contribution in [0, 0.1) is 5.92 Å². The topological polar surface area (TPSA) is 90.0 Å². The first kappa shape index (κ1) is 18.6. The Bertz CT molecular complexity index is 1020. The van der Waals surface area contributed by atoms with Crippen molar-refractivity contribution >= 4 is 17.2 Å². The van der Waals surface area contributed by atoms with Crippen LogP contribution in [0.3, 0.4) is 0 Å². The molecule has 0 aliphatic heterocycles. The summed E-state index contributed by atoms with van der Waals surface area (Å²) in [6.45, 7) is 4.28. The second kappa shape index (κ2) is 7.71. The largest absolute Gasteiger partial charge is 0.360 e. The van der Waals surface area contributed by atoms with Crippen LogP contribution in [0.4, 0.5) is 0 Å². The highest BCUT2D eigenvalue weighted by molar-refractivity contribution is 7.13. The molecule has 4 rings (SSSR count). The Balaban J connectivity index is 1.51. The SMILES string of the molecule is CC(C)[C@H](Cn1nc(-c2cccs2)ccc1=O)NC(=O)c1cc(C2CC2)on1. The molecular formula is C20H22N4O3S. The van der Waals surface area contributed by atoms with E-state index in [0.29, 0.717) is 5.92 Å². The zero-order valence-corrected chi connectivity index (χ0v) is 16.6. The smallest absolute Gasteiger partial charge is 0.273 e. The van der Waals surface area contributed by atoms with Gasteiger partial charge in [0.05, 0.1) is 17.5 Å². The number of hydrogen-bond acceptors (Lipinski definition) is 6. The van der Waals surface area contributed by atoms with Crippen LogP contribution in [-0.2, 0) is 6.54 Å². The molecule has 146 valence electrons. The normalized spacial score (nSPS) is 15.0. The molecule has 1 aliphatic carbocycles. The van der Waals surface area contributed by atoms with Crippen molar-refractivity contribution in [2.24, 2.45) is 5.92 Å². The molecule has 7 nitrogen and oxygen atoms in total. The van der Waals surface area contributed by atoms with Gasteiger partial charge in [0.25, 0.3) is 11.5 Å². The lowest BCUT2D eigenvalue weighted by molar-refractivity contribution is 0.0909. The Hall–Kier alpha value is -2.74. The predicted octanol–water partition coefficient (Wildman–Crippen LogP) is 3.29. The van der Waals surface area contributed by atoms with E-state index in [4.69, 9.17) is 4.52 Å². The third-order valence-electron chi connectivity index (χ3n) is 4.87. The molecule has 3 heterocycles. The first-order valence-corrected chi connectivity index (χ1v) is 10.3. The van der Waals surface area contributed by atoms with Crippen LogP contribution >= 0.6 is 11.3 Å². The predicted molar refractivity (Wildman–Crippen MR) is 106 cm³/mol. The Morgan fingerprint density at radius 3 is 2.86 bits per heavy atom. The summed E-state index contributed by atoms with van der Waals surface area (Å²) >= 11 is 1.57. The highest BCUT2D eigenvalue weighted by Gasteiger charge is 2.29. The van der Waals surface area contributed by atoms with Gasteiger partial charge >= 0.3 is 0 Å². The van der Waals surface area contributed by atoms with Crippen molar-refractivity contribution in [1.82, 2.24) is 20.3 Å². The van der Waals surface area contributed by atoms with E-state index in [1.165, 1.54) is 10.7 Å². The van der Waals surface area contributed by atoms with Gasteiger partial charge in [0.15, 0.2) is 5.69 Å². The minimum absolute atomic E-state index is 0.109. The van der Waals surface area contributed by atoms with Crippen molar-refractivity contribution < 1.29 is 9.32 Å². The molecule has 0 spiro atoms. The average molecular weight is 398 g/mol. The molecule has 1 fully saturated rings. The molecule has 28 heavy (non-hydrogen) atoms. The van der Waals surface area contributed by atoms with Gasteiger partial charge in [-0.05, 0) is 36.3 Å². The Morgan fingerprint density at radius 1 is 1.36 bits per heavy atom. The second-order valence-corrected chi connectivity index (χ2v) is 8.38. The molecule has 0 aromatic carbocycles. The molecule has 3 aromatic heterocycles. The molecule has 8 heteroatoms. The van der Waals surface area contributed by atoms with E-state index < -0.39 is 0 Å². The standard InChI is InChI=1S/C20H22N4O3S/c1-12(2)16(21-20(26)15-10-17(27-23-15)13-5-6-13)11-24-19(25)8-7-14(22-24)18-4-3-9-28-18/h3-4,7-10,12-13,16H,5-6,11H2,1-2H3,(H,21,26)/t16-/m0/s1. The fourth-order valence-electron chi connectivity index (χ4n) is 2.94. The molecule has 0 bridgehead atoms. The van der Waals surface area contributed by atoms with Gasteiger partial charge in [-0.25, -0.2) is 4.68 Å². The minimum atomic E-state index is -0.295. The zero-order chi connectivity index (χ0) is 19.7. The number of amides is 1. The van der Waals surface area contributed by atoms with E-state index in [2.05, 4.69) is 15.6 Å². The lowest BCUT2D eigenvalue weighted by atomic mass is 10.0. The summed E-state index contributed by atoms with van der Waals surface area (Å²) in [6.07, 6.45) is 2.17. The molecule has 0 unspecified atom stereocenters. The van der Waals surface area contributed by atoms with Crippen LogP contribution in [0.1, 0.15) is 48.9 Å². The minimum Gasteiger partial charge on any atom is -0.360 e. The fourth-order valence-corrected chi connectivity index (χ4v) is 3.63. The highest BCUT2D eigenvalue weighted by atomic mass is 32.1. The molecule has 1 atom stereocenters. The van der Waals surface area contributed by atoms with Gasteiger partial charge in [0.2, 0.25) is 0 Å². The summed E-state index contributed by atoms with van der Waals surface area (Å²) in [4.78, 5) is 25.9. The maximum atomic E-state index is 12.6. The van der Waals surface area contributed by atoms with Crippen LogP contribution in [-0.4, -0.2) is 26.9 Å². The van der Waals surface area contributed by atoms with Crippen LogP contribution in [0.5, 0.6) is 0 Å². The van der Waals surface area contributed by atoms with Gasteiger partial charge in [-0.15, -0.1) is 11.3 Å². The van der Waals surface area contributed by atoms with Crippen molar-refractivity contribution in [2.75, 3.05) is 0 Å². The Labute approximate surface area is 166 Å². The number of carbonyl (C=O) groups excluding carboxylic acids is 1. The van der Waals surface area contributed by atoms with Crippen LogP contribution < -0.4 is 10.9 Å². The van der Waals surface area contributed by atoms with E-state index in [0.717, 1.165) is 29.2 Å². The maximum Gasteiger partial charge on any atom is 0.273 e. The van der Waals surface area contributed by atoms with E-state index in [1.54, 1.807) is 23.5 Å². The summed E-state index contributed by atoms with van der Waals surface area (Å²) in [7, 11) is 0. The van der Waals surface area contributed by atoms with Crippen molar-refractivity contribution in [3.63, 3.8) is 0 Å². The molecule has 3 aromatic rings. The molecule has 0 saturated heterocycles. The van der Waals surface area contributed by atoms with E-state index in [1.807, 2.05) is 31.4 Å². The first-order valence-electron chi connectivity index (χ1n) is 9.41. The summed E-state index contributed by atoms with van der Waals surface area (Å²) in [5.74, 6) is 0.986. The third-order valence-corrected chi connectivity index (χ3v) is 5.76. The van der Waals surface area contributed by atoms with Crippen LogP contribution in [0.2, 0.25) is 0 Å². The Kier molecular flexibility index (Phi) is 5.13. The average Bonchev–Trinajstić information content (AvgIpc) is 3.18. The molecule has 1 N–H and O–H groups in total. The van der Waals surface area contributed by atoms with Gasteiger partial charge < -0.3 is 9.84 Å². The maximum absolute atomic E-state index is 12.6. The third kappa shape index (κ3) is 4.06. The highest BCUT2D eigenvalue weighted by Crippen LogP contribution is 2.40. The second-order valence-electron chi connectivity index (χ2n) is 7.43. The number of carbonyl (C=O) groups is 1. The number of nitrogens with one attached hydrogen (secondary N) is 1. The number of aromatic nitrogens is 3. The molecular weight excluding hydrogens is 376 g/mol. The van der Waals surface area contributed by atoms with Crippen molar-refractivity contribution in [3.05, 3.63) is 57.5 Å². The lowest BCUT2D eigenvalue weighted by Gasteiger charge is -2.22. The summed E-state index contributed by atoms with van der Waals surface area (Å²) in [6, 6.07) is 8.60. The van der Waals surface area contributed by atoms with E-state index in [9.17, 15) is 9.59 Å².